The third kappa shape index (κ3) is 9.04. The van der Waals surface area contributed by atoms with Crippen LogP contribution in [0.5, 0.6) is 0 Å². The largest absolute Gasteiger partial charge is 0.354 e. The molecule has 7 nitrogen and oxygen atoms in total. The Morgan fingerprint density at radius 2 is 1.41 bits per heavy atom. The molecule has 4 aromatic carbocycles. The maximum Gasteiger partial charge on any atom is 0.264 e. The molecule has 0 unspecified atom stereocenters. The minimum absolute atomic E-state index is 0.0112. The molecule has 0 fully saturated rings. The quantitative estimate of drug-likeness (QED) is 0.156. The molecule has 242 valence electrons. The number of carbonyl (C=O) groups is 2. The first kappa shape index (κ1) is 35.3. The van der Waals surface area contributed by atoms with Crippen molar-refractivity contribution >= 4 is 62.3 Å². The average Bonchev–Trinajstić information content (AvgIpc) is 3.02. The van der Waals surface area contributed by atoms with Crippen molar-refractivity contribution in [1.82, 2.24) is 10.2 Å². The fourth-order valence-corrected chi connectivity index (χ4v) is 6.86. The van der Waals surface area contributed by atoms with Crippen LogP contribution in [0.15, 0.2) is 102 Å². The predicted molar refractivity (Wildman–Crippen MR) is 186 cm³/mol. The Labute approximate surface area is 286 Å². The number of carbonyl (C=O) groups excluding carboxylic acids is 2. The van der Waals surface area contributed by atoms with Crippen LogP contribution in [-0.4, -0.2) is 44.3 Å². The SMILES string of the molecule is Cc1ccc(S(=O)(=O)N(CC(=O)N(Cc2c(Cl)cccc2Cl)[C@@H](Cc2ccccc2)C(=O)NCC(C)C)c2ccc(Cl)cc2)cc1. The molecule has 1 atom stereocenters. The van der Waals surface area contributed by atoms with Crippen molar-refractivity contribution in [3.63, 3.8) is 0 Å². The molecule has 0 heterocycles. The van der Waals surface area contributed by atoms with Crippen LogP contribution >= 0.6 is 34.8 Å². The van der Waals surface area contributed by atoms with E-state index < -0.39 is 28.5 Å². The molecule has 0 aromatic heterocycles. The first-order chi connectivity index (χ1) is 21.9. The second-order valence-corrected chi connectivity index (χ2v) is 14.5. The number of sulfonamides is 1. The van der Waals surface area contributed by atoms with E-state index in [9.17, 15) is 18.0 Å². The highest BCUT2D eigenvalue weighted by atomic mass is 35.5. The van der Waals surface area contributed by atoms with Crippen LogP contribution < -0.4 is 9.62 Å². The molecular formula is C35H36Cl3N3O4S. The van der Waals surface area contributed by atoms with E-state index in [0.717, 1.165) is 15.4 Å². The lowest BCUT2D eigenvalue weighted by atomic mass is 10.0. The number of nitrogens with zero attached hydrogens (tertiary/aromatic N) is 2. The molecule has 0 aliphatic heterocycles. The molecule has 4 rings (SSSR count). The molecule has 0 saturated carbocycles. The van der Waals surface area contributed by atoms with Gasteiger partial charge in [-0.1, -0.05) is 103 Å². The molecule has 0 aliphatic rings. The van der Waals surface area contributed by atoms with Crippen LogP contribution in [0.1, 0.15) is 30.5 Å². The third-order valence-electron chi connectivity index (χ3n) is 7.35. The molecule has 2 amide bonds. The monoisotopic (exact) mass is 699 g/mol. The number of aryl methyl sites for hydroxylation is 1. The summed E-state index contributed by atoms with van der Waals surface area (Å²) >= 11 is 19.3. The highest BCUT2D eigenvalue weighted by Crippen LogP contribution is 2.29. The van der Waals surface area contributed by atoms with Gasteiger partial charge >= 0.3 is 0 Å². The summed E-state index contributed by atoms with van der Waals surface area (Å²) in [6.45, 7) is 5.44. The van der Waals surface area contributed by atoms with E-state index in [-0.39, 0.29) is 35.4 Å². The minimum Gasteiger partial charge on any atom is -0.354 e. The topological polar surface area (TPSA) is 86.8 Å². The normalized spacial score (nSPS) is 12.1. The fourth-order valence-electron chi connectivity index (χ4n) is 4.80. The number of nitrogens with one attached hydrogen (secondary N) is 1. The van der Waals surface area contributed by atoms with Gasteiger partial charge < -0.3 is 10.2 Å². The standard InChI is InChI=1S/C35H36Cl3N3O4S/c1-24(2)21-39-35(43)33(20-26-8-5-4-6-9-26)40(22-30-31(37)10-7-11-32(30)38)34(42)23-41(28-16-14-27(36)15-17-28)46(44,45)29-18-12-25(3)13-19-29/h4-19,24,33H,20-23H2,1-3H3,(H,39,43)/t33-/m0/s1. The Morgan fingerprint density at radius 1 is 0.804 bits per heavy atom. The second kappa shape index (κ2) is 15.8. The van der Waals surface area contributed by atoms with Crippen molar-refractivity contribution in [3.05, 3.63) is 129 Å². The van der Waals surface area contributed by atoms with Crippen LogP contribution in [0.3, 0.4) is 0 Å². The van der Waals surface area contributed by atoms with E-state index in [2.05, 4.69) is 5.32 Å². The van der Waals surface area contributed by atoms with Crippen LogP contribution in [0.25, 0.3) is 0 Å². The maximum atomic E-state index is 14.6. The van der Waals surface area contributed by atoms with Gasteiger partial charge in [0.25, 0.3) is 10.0 Å². The first-order valence-corrected chi connectivity index (χ1v) is 17.3. The average molecular weight is 701 g/mol. The number of anilines is 1. The Balaban J connectivity index is 1.83. The van der Waals surface area contributed by atoms with Crippen LogP contribution in [-0.2, 0) is 32.6 Å². The van der Waals surface area contributed by atoms with E-state index in [4.69, 9.17) is 34.8 Å². The van der Waals surface area contributed by atoms with Crippen molar-refractivity contribution in [2.45, 2.75) is 44.7 Å². The van der Waals surface area contributed by atoms with Crippen molar-refractivity contribution < 1.29 is 18.0 Å². The first-order valence-electron chi connectivity index (χ1n) is 14.8. The molecule has 0 spiro atoms. The zero-order valence-corrected chi connectivity index (χ0v) is 28.9. The molecule has 0 radical (unpaired) electrons. The highest BCUT2D eigenvalue weighted by molar-refractivity contribution is 7.92. The predicted octanol–water partition coefficient (Wildman–Crippen LogP) is 7.56. The lowest BCUT2D eigenvalue weighted by Crippen LogP contribution is -2.53. The summed E-state index contributed by atoms with van der Waals surface area (Å²) < 4.78 is 29.3. The van der Waals surface area contributed by atoms with Crippen molar-refractivity contribution in [3.8, 4) is 0 Å². The Bertz CT molecular complexity index is 1730. The van der Waals surface area contributed by atoms with Gasteiger partial charge in [0.2, 0.25) is 11.8 Å². The Hall–Kier alpha value is -3.56. The summed E-state index contributed by atoms with van der Waals surface area (Å²) in [5.41, 5.74) is 2.37. The van der Waals surface area contributed by atoms with Crippen LogP contribution in [0.2, 0.25) is 15.1 Å². The van der Waals surface area contributed by atoms with Crippen molar-refractivity contribution in [2.75, 3.05) is 17.4 Å². The summed E-state index contributed by atoms with van der Waals surface area (Å²) in [7, 11) is -4.24. The van der Waals surface area contributed by atoms with Gasteiger partial charge in [-0.15, -0.1) is 0 Å². The number of hydrogen-bond donors (Lipinski definition) is 1. The fraction of sp³-hybridized carbons (Fsp3) is 0.257. The van der Waals surface area contributed by atoms with Gasteiger partial charge in [0, 0.05) is 40.1 Å². The molecule has 46 heavy (non-hydrogen) atoms. The van der Waals surface area contributed by atoms with E-state index in [1.165, 1.54) is 29.2 Å². The Morgan fingerprint density at radius 3 is 2.00 bits per heavy atom. The molecular weight excluding hydrogens is 665 g/mol. The summed E-state index contributed by atoms with van der Waals surface area (Å²) in [6, 6.07) is 25.8. The van der Waals surface area contributed by atoms with Gasteiger partial charge in [0.15, 0.2) is 0 Å². The number of halogens is 3. The zero-order valence-electron chi connectivity index (χ0n) is 25.8. The summed E-state index contributed by atoms with van der Waals surface area (Å²) in [4.78, 5) is 29.8. The van der Waals surface area contributed by atoms with E-state index in [1.807, 2.05) is 51.1 Å². The molecule has 4 aromatic rings. The van der Waals surface area contributed by atoms with E-state index in [1.54, 1.807) is 42.5 Å². The third-order valence-corrected chi connectivity index (χ3v) is 10.1. The summed E-state index contributed by atoms with van der Waals surface area (Å²) in [5.74, 6) is -0.848. The molecule has 0 saturated heterocycles. The summed E-state index contributed by atoms with van der Waals surface area (Å²) in [6.07, 6.45) is 0.171. The maximum absolute atomic E-state index is 14.6. The van der Waals surface area contributed by atoms with E-state index in [0.29, 0.717) is 27.2 Å². The number of benzene rings is 4. The molecule has 0 bridgehead atoms. The number of amides is 2. The van der Waals surface area contributed by atoms with Crippen LogP contribution in [0, 0.1) is 12.8 Å². The van der Waals surface area contributed by atoms with Gasteiger partial charge in [-0.25, -0.2) is 8.42 Å². The van der Waals surface area contributed by atoms with Gasteiger partial charge in [0.1, 0.15) is 12.6 Å². The number of hydrogen-bond acceptors (Lipinski definition) is 4. The van der Waals surface area contributed by atoms with Crippen LogP contribution in [0.4, 0.5) is 5.69 Å². The smallest absolute Gasteiger partial charge is 0.264 e. The van der Waals surface area contributed by atoms with E-state index >= 15 is 0 Å². The second-order valence-electron chi connectivity index (χ2n) is 11.4. The molecule has 11 heteroatoms. The lowest BCUT2D eigenvalue weighted by molar-refractivity contribution is -0.140. The van der Waals surface area contributed by atoms with Gasteiger partial charge in [-0.3, -0.25) is 13.9 Å². The Kier molecular flexibility index (Phi) is 12.1. The minimum atomic E-state index is -4.24. The molecule has 0 aliphatic carbocycles. The molecule has 1 N–H and O–H groups in total. The lowest BCUT2D eigenvalue weighted by Gasteiger charge is -2.34. The van der Waals surface area contributed by atoms with Crippen molar-refractivity contribution in [1.29, 1.82) is 0 Å². The van der Waals surface area contributed by atoms with Gasteiger partial charge in [-0.2, -0.15) is 0 Å². The highest BCUT2D eigenvalue weighted by Gasteiger charge is 2.35. The zero-order chi connectivity index (χ0) is 33.4. The van der Waals surface area contributed by atoms with Gasteiger partial charge in [-0.05, 0) is 66.9 Å². The van der Waals surface area contributed by atoms with Crippen molar-refractivity contribution in [2.24, 2.45) is 5.92 Å². The van der Waals surface area contributed by atoms with Gasteiger partial charge in [0.05, 0.1) is 10.6 Å². The summed E-state index contributed by atoms with van der Waals surface area (Å²) in [5, 5.41) is 3.99. The number of rotatable bonds is 13.